The molecule has 0 aliphatic carbocycles. The van der Waals surface area contributed by atoms with Crippen LogP contribution in [0.4, 0.5) is 14.5 Å². The summed E-state index contributed by atoms with van der Waals surface area (Å²) in [5.41, 5.74) is 0.264. The van der Waals surface area contributed by atoms with Gasteiger partial charge in [-0.25, -0.2) is 0 Å². The highest BCUT2D eigenvalue weighted by Crippen LogP contribution is 2.31. The minimum Gasteiger partial charge on any atom is -0.435 e. The van der Waals surface area contributed by atoms with E-state index >= 15 is 0 Å². The Labute approximate surface area is 91.0 Å². The minimum absolute atomic E-state index is 0.0180. The van der Waals surface area contributed by atoms with Crippen molar-refractivity contribution in [3.05, 3.63) is 33.9 Å². The predicted molar refractivity (Wildman–Crippen MR) is 53.8 cm³/mol. The smallest absolute Gasteiger partial charge is 0.387 e. The normalized spacial score (nSPS) is 10.9. The largest absolute Gasteiger partial charge is 0.435 e. The molecule has 0 saturated heterocycles. The van der Waals surface area contributed by atoms with E-state index in [2.05, 4.69) is 4.74 Å². The Morgan fingerprint density at radius 1 is 1.38 bits per heavy atom. The lowest BCUT2D eigenvalue weighted by Crippen LogP contribution is -2.05. The van der Waals surface area contributed by atoms with Gasteiger partial charge in [-0.1, -0.05) is 13.8 Å². The number of hydrogen-bond acceptors (Lipinski definition) is 3. The van der Waals surface area contributed by atoms with Crippen molar-refractivity contribution in [2.45, 2.75) is 26.4 Å². The van der Waals surface area contributed by atoms with Gasteiger partial charge in [0.1, 0.15) is 5.75 Å². The first kappa shape index (κ1) is 12.4. The highest BCUT2D eigenvalue weighted by atomic mass is 19.3. The van der Waals surface area contributed by atoms with Gasteiger partial charge in [0.25, 0.3) is 5.69 Å². The van der Waals surface area contributed by atoms with Crippen molar-refractivity contribution in [1.29, 1.82) is 0 Å². The topological polar surface area (TPSA) is 52.4 Å². The van der Waals surface area contributed by atoms with Crippen LogP contribution in [0.2, 0.25) is 0 Å². The second kappa shape index (κ2) is 4.87. The summed E-state index contributed by atoms with van der Waals surface area (Å²) in [4.78, 5) is 9.95. The molecule has 0 aliphatic heterocycles. The third-order valence-corrected chi connectivity index (χ3v) is 2.04. The Morgan fingerprint density at radius 3 is 2.44 bits per heavy atom. The first-order chi connectivity index (χ1) is 7.41. The van der Waals surface area contributed by atoms with Crippen LogP contribution in [0.5, 0.6) is 5.75 Å². The quantitative estimate of drug-likeness (QED) is 0.590. The van der Waals surface area contributed by atoms with E-state index < -0.39 is 11.5 Å². The maximum absolute atomic E-state index is 12.1. The number of ether oxygens (including phenoxy) is 1. The van der Waals surface area contributed by atoms with Crippen LogP contribution in [-0.4, -0.2) is 11.5 Å². The van der Waals surface area contributed by atoms with Crippen molar-refractivity contribution in [2.24, 2.45) is 0 Å². The highest BCUT2D eigenvalue weighted by Gasteiger charge is 2.16. The zero-order valence-electron chi connectivity index (χ0n) is 8.81. The van der Waals surface area contributed by atoms with Gasteiger partial charge in [0.05, 0.1) is 4.92 Å². The molecule has 16 heavy (non-hydrogen) atoms. The molecule has 0 radical (unpaired) electrons. The molecule has 0 N–H and O–H groups in total. The molecule has 6 heteroatoms. The molecule has 0 saturated carbocycles. The van der Waals surface area contributed by atoms with Crippen LogP contribution < -0.4 is 4.74 Å². The Hall–Kier alpha value is -1.72. The molecule has 0 aliphatic rings. The molecule has 0 spiro atoms. The van der Waals surface area contributed by atoms with E-state index in [9.17, 15) is 18.9 Å². The third-order valence-electron chi connectivity index (χ3n) is 2.04. The molecule has 0 unspecified atom stereocenters. The zero-order chi connectivity index (χ0) is 12.3. The number of nitro groups is 1. The molecule has 0 atom stereocenters. The van der Waals surface area contributed by atoms with Gasteiger partial charge in [-0.15, -0.1) is 0 Å². The number of nitro benzene ring substituents is 1. The number of nitrogens with zero attached hydrogens (tertiary/aromatic N) is 1. The molecule has 1 rings (SSSR count). The molecule has 0 heterocycles. The summed E-state index contributed by atoms with van der Waals surface area (Å²) in [6.45, 7) is 0.563. The lowest BCUT2D eigenvalue weighted by atomic mass is 10.0. The van der Waals surface area contributed by atoms with Crippen molar-refractivity contribution in [3.63, 3.8) is 0 Å². The fraction of sp³-hybridized carbons (Fsp3) is 0.400. The lowest BCUT2D eigenvalue weighted by Gasteiger charge is -2.12. The maximum Gasteiger partial charge on any atom is 0.387 e. The van der Waals surface area contributed by atoms with E-state index in [1.54, 1.807) is 13.8 Å². The Morgan fingerprint density at radius 2 is 2.00 bits per heavy atom. The molecule has 0 amide bonds. The average Bonchev–Trinajstić information content (AvgIpc) is 2.16. The molecular weight excluding hydrogens is 220 g/mol. The lowest BCUT2D eigenvalue weighted by molar-refractivity contribution is -0.385. The van der Waals surface area contributed by atoms with Gasteiger partial charge in [-0.05, 0) is 12.0 Å². The Bertz CT molecular complexity index is 394. The van der Waals surface area contributed by atoms with Crippen molar-refractivity contribution >= 4 is 5.69 Å². The van der Waals surface area contributed by atoms with Crippen LogP contribution in [0.25, 0.3) is 0 Å². The van der Waals surface area contributed by atoms with E-state index in [0.717, 1.165) is 6.07 Å². The van der Waals surface area contributed by atoms with E-state index in [4.69, 9.17) is 0 Å². The van der Waals surface area contributed by atoms with Gasteiger partial charge in [-0.2, -0.15) is 8.78 Å². The first-order valence-electron chi connectivity index (χ1n) is 4.65. The summed E-state index contributed by atoms with van der Waals surface area (Å²) >= 11 is 0. The Balaban J connectivity index is 3.14. The third kappa shape index (κ3) is 2.88. The molecule has 0 aromatic heterocycles. The van der Waals surface area contributed by atoms with Gasteiger partial charge in [0, 0.05) is 17.7 Å². The number of rotatable bonds is 4. The van der Waals surface area contributed by atoms with Crippen LogP contribution >= 0.6 is 0 Å². The number of halogens is 2. The standard InChI is InChI=1S/C10H11F2NO3/c1-6(2)8-5-7(13(14)15)3-4-9(8)16-10(11)12/h3-6,10H,1-2H3. The van der Waals surface area contributed by atoms with Crippen LogP contribution in [0.1, 0.15) is 25.3 Å². The maximum atomic E-state index is 12.1. The number of hydrogen-bond donors (Lipinski definition) is 0. The monoisotopic (exact) mass is 231 g/mol. The number of benzene rings is 1. The molecule has 0 bridgehead atoms. The van der Waals surface area contributed by atoms with Gasteiger partial charge in [-0.3, -0.25) is 10.1 Å². The number of non-ortho nitro benzene ring substituents is 1. The SMILES string of the molecule is CC(C)c1cc([N+](=O)[O-])ccc1OC(F)F. The van der Waals surface area contributed by atoms with Crippen molar-refractivity contribution in [1.82, 2.24) is 0 Å². The summed E-state index contributed by atoms with van der Waals surface area (Å²) in [5, 5.41) is 10.5. The summed E-state index contributed by atoms with van der Waals surface area (Å²) in [5.74, 6) is -0.149. The second-order valence-electron chi connectivity index (χ2n) is 3.51. The molecule has 4 nitrogen and oxygen atoms in total. The fourth-order valence-corrected chi connectivity index (χ4v) is 1.30. The summed E-state index contributed by atoms with van der Waals surface area (Å²) in [6.07, 6.45) is 0. The Kier molecular flexibility index (Phi) is 3.76. The fourth-order valence-electron chi connectivity index (χ4n) is 1.30. The van der Waals surface area contributed by atoms with Crippen molar-refractivity contribution in [3.8, 4) is 5.75 Å². The van der Waals surface area contributed by atoms with E-state index in [-0.39, 0.29) is 17.4 Å². The van der Waals surface area contributed by atoms with E-state index in [0.29, 0.717) is 5.56 Å². The summed E-state index contributed by atoms with van der Waals surface area (Å²) in [6, 6.07) is 3.59. The van der Waals surface area contributed by atoms with Crippen LogP contribution in [0, 0.1) is 10.1 Å². The van der Waals surface area contributed by atoms with Gasteiger partial charge in [0.2, 0.25) is 0 Å². The van der Waals surface area contributed by atoms with Gasteiger partial charge in [0.15, 0.2) is 0 Å². The summed E-state index contributed by atoms with van der Waals surface area (Å²) in [7, 11) is 0. The average molecular weight is 231 g/mol. The van der Waals surface area contributed by atoms with E-state index in [1.165, 1.54) is 12.1 Å². The van der Waals surface area contributed by atoms with Gasteiger partial charge >= 0.3 is 6.61 Å². The first-order valence-corrected chi connectivity index (χ1v) is 4.65. The van der Waals surface area contributed by atoms with E-state index in [1.807, 2.05) is 0 Å². The van der Waals surface area contributed by atoms with Crippen molar-refractivity contribution < 1.29 is 18.4 Å². The predicted octanol–water partition coefficient (Wildman–Crippen LogP) is 3.32. The van der Waals surface area contributed by atoms with Crippen LogP contribution in [0.15, 0.2) is 18.2 Å². The summed E-state index contributed by atoms with van der Waals surface area (Å²) < 4.78 is 28.4. The number of alkyl halides is 2. The molecular formula is C10H11F2NO3. The zero-order valence-corrected chi connectivity index (χ0v) is 8.81. The van der Waals surface area contributed by atoms with Gasteiger partial charge < -0.3 is 4.74 Å². The van der Waals surface area contributed by atoms with Crippen LogP contribution in [-0.2, 0) is 0 Å². The molecule has 1 aromatic rings. The van der Waals surface area contributed by atoms with Crippen molar-refractivity contribution in [2.75, 3.05) is 0 Å². The molecule has 0 fully saturated rings. The molecule has 1 aromatic carbocycles. The second-order valence-corrected chi connectivity index (χ2v) is 3.51. The van der Waals surface area contributed by atoms with Crippen LogP contribution in [0.3, 0.4) is 0 Å². The minimum atomic E-state index is -2.93. The highest BCUT2D eigenvalue weighted by molar-refractivity contribution is 5.45. The molecule has 88 valence electrons.